The topological polar surface area (TPSA) is 60.5 Å². The van der Waals surface area contributed by atoms with Gasteiger partial charge in [0.2, 0.25) is 0 Å². The largest absolute Gasteiger partial charge is 0.493 e. The summed E-state index contributed by atoms with van der Waals surface area (Å²) >= 11 is 0. The maximum atomic E-state index is 12.0. The molecule has 0 saturated carbocycles. The van der Waals surface area contributed by atoms with Crippen molar-refractivity contribution in [3.8, 4) is 22.6 Å². The third kappa shape index (κ3) is 3.55. The zero-order valence-corrected chi connectivity index (χ0v) is 13.1. The zero-order valence-electron chi connectivity index (χ0n) is 13.1. The van der Waals surface area contributed by atoms with Crippen LogP contribution in [0.5, 0.6) is 11.5 Å². The first-order chi connectivity index (χ1) is 10.7. The fraction of sp³-hybridized carbons (Fsp3) is 0.294. The molecule has 2 rings (SSSR count). The Balaban J connectivity index is 2.31. The molecule has 22 heavy (non-hydrogen) atoms. The molecule has 0 aliphatic carbocycles. The van der Waals surface area contributed by atoms with E-state index in [1.165, 1.54) is 0 Å². The van der Waals surface area contributed by atoms with Gasteiger partial charge < -0.3 is 14.8 Å². The summed E-state index contributed by atoms with van der Waals surface area (Å²) < 4.78 is 10.5. The number of ether oxygens (including phenoxy) is 2. The van der Waals surface area contributed by atoms with E-state index in [4.69, 9.17) is 9.47 Å². The van der Waals surface area contributed by atoms with E-state index in [1.54, 1.807) is 26.6 Å². The number of rotatable bonds is 6. The molecule has 0 saturated heterocycles. The lowest BCUT2D eigenvalue weighted by molar-refractivity contribution is 0.0953. The Kier molecular flexibility index (Phi) is 5.36. The lowest BCUT2D eigenvalue weighted by Gasteiger charge is -2.10. The molecule has 0 fully saturated rings. The molecule has 2 aromatic rings. The summed E-state index contributed by atoms with van der Waals surface area (Å²) in [5.74, 6) is 1.19. The fourth-order valence-corrected chi connectivity index (χ4v) is 2.08. The number of nitrogens with one attached hydrogen (secondary N) is 1. The molecule has 0 radical (unpaired) electrons. The Morgan fingerprint density at radius 3 is 2.55 bits per heavy atom. The van der Waals surface area contributed by atoms with E-state index in [1.807, 2.05) is 31.2 Å². The van der Waals surface area contributed by atoms with E-state index in [0.717, 1.165) is 17.5 Å². The van der Waals surface area contributed by atoms with Crippen molar-refractivity contribution in [2.24, 2.45) is 0 Å². The van der Waals surface area contributed by atoms with Gasteiger partial charge in [0.1, 0.15) is 0 Å². The van der Waals surface area contributed by atoms with Crippen LogP contribution >= 0.6 is 0 Å². The normalized spacial score (nSPS) is 10.1. The average molecular weight is 300 g/mol. The molecule has 116 valence electrons. The zero-order chi connectivity index (χ0) is 15.9. The molecule has 0 atom stereocenters. The second-order valence-corrected chi connectivity index (χ2v) is 4.79. The van der Waals surface area contributed by atoms with Gasteiger partial charge in [0.25, 0.3) is 5.91 Å². The number of carbonyl (C=O) groups is 1. The number of benzene rings is 1. The van der Waals surface area contributed by atoms with E-state index in [0.29, 0.717) is 23.6 Å². The monoisotopic (exact) mass is 300 g/mol. The summed E-state index contributed by atoms with van der Waals surface area (Å²) in [4.78, 5) is 16.2. The van der Waals surface area contributed by atoms with Crippen molar-refractivity contribution in [1.29, 1.82) is 0 Å². The molecular weight excluding hydrogens is 280 g/mol. The average Bonchev–Trinajstić information content (AvgIpc) is 2.59. The number of pyridine rings is 1. The quantitative estimate of drug-likeness (QED) is 0.891. The van der Waals surface area contributed by atoms with E-state index in [9.17, 15) is 4.79 Å². The standard InChI is InChI=1S/C17H20N2O3/c1-4-7-19-17(20)14-8-13(10-18-11-14)12-5-6-15(21-2)16(9-12)22-3/h5-6,8-11H,4,7H2,1-3H3,(H,19,20). The van der Waals surface area contributed by atoms with Crippen LogP contribution < -0.4 is 14.8 Å². The van der Waals surface area contributed by atoms with Gasteiger partial charge in [0.15, 0.2) is 11.5 Å². The SMILES string of the molecule is CCCNC(=O)c1cncc(-c2ccc(OC)c(OC)c2)c1. The smallest absolute Gasteiger partial charge is 0.252 e. The van der Waals surface area contributed by atoms with E-state index in [2.05, 4.69) is 10.3 Å². The maximum absolute atomic E-state index is 12.0. The minimum absolute atomic E-state index is 0.114. The first-order valence-corrected chi connectivity index (χ1v) is 7.15. The van der Waals surface area contributed by atoms with Gasteiger partial charge in [-0.1, -0.05) is 13.0 Å². The van der Waals surface area contributed by atoms with Crippen LogP contribution in [0.15, 0.2) is 36.7 Å². The number of carbonyl (C=O) groups excluding carboxylic acids is 1. The lowest BCUT2D eigenvalue weighted by Crippen LogP contribution is -2.24. The molecule has 1 N–H and O–H groups in total. The van der Waals surface area contributed by atoms with Gasteiger partial charge in [-0.25, -0.2) is 0 Å². The predicted molar refractivity (Wildman–Crippen MR) is 85.4 cm³/mol. The Morgan fingerprint density at radius 1 is 1.09 bits per heavy atom. The Hall–Kier alpha value is -2.56. The molecule has 0 aliphatic rings. The summed E-state index contributed by atoms with van der Waals surface area (Å²) in [5.41, 5.74) is 2.31. The van der Waals surface area contributed by atoms with Crippen LogP contribution in [0.4, 0.5) is 0 Å². The number of nitrogens with zero attached hydrogens (tertiary/aromatic N) is 1. The van der Waals surface area contributed by atoms with Crippen LogP contribution in [0.25, 0.3) is 11.1 Å². The molecule has 0 spiro atoms. The van der Waals surface area contributed by atoms with E-state index in [-0.39, 0.29) is 5.91 Å². The summed E-state index contributed by atoms with van der Waals surface area (Å²) in [5, 5.41) is 2.84. The number of aromatic nitrogens is 1. The van der Waals surface area contributed by atoms with Gasteiger partial charge in [-0.15, -0.1) is 0 Å². The molecule has 0 bridgehead atoms. The fourth-order valence-electron chi connectivity index (χ4n) is 2.08. The highest BCUT2D eigenvalue weighted by Crippen LogP contribution is 2.32. The van der Waals surface area contributed by atoms with Crippen molar-refractivity contribution >= 4 is 5.91 Å². The van der Waals surface area contributed by atoms with Crippen LogP contribution in [0.2, 0.25) is 0 Å². The molecule has 0 aliphatic heterocycles. The predicted octanol–water partition coefficient (Wildman–Crippen LogP) is 2.91. The van der Waals surface area contributed by atoms with Gasteiger partial charge in [-0.2, -0.15) is 0 Å². The highest BCUT2D eigenvalue weighted by atomic mass is 16.5. The number of hydrogen-bond acceptors (Lipinski definition) is 4. The summed E-state index contributed by atoms with van der Waals surface area (Å²) in [6, 6.07) is 7.42. The van der Waals surface area contributed by atoms with Crippen LogP contribution in [-0.4, -0.2) is 31.7 Å². The summed E-state index contributed by atoms with van der Waals surface area (Å²) in [6.07, 6.45) is 4.18. The Labute approximate surface area is 130 Å². The minimum atomic E-state index is -0.114. The lowest BCUT2D eigenvalue weighted by atomic mass is 10.1. The third-order valence-corrected chi connectivity index (χ3v) is 3.25. The minimum Gasteiger partial charge on any atom is -0.493 e. The molecule has 1 amide bonds. The van der Waals surface area contributed by atoms with Crippen LogP contribution in [0, 0.1) is 0 Å². The summed E-state index contributed by atoms with van der Waals surface area (Å²) in [7, 11) is 3.19. The number of methoxy groups -OCH3 is 2. The van der Waals surface area contributed by atoms with Crippen LogP contribution in [0.1, 0.15) is 23.7 Å². The molecular formula is C17H20N2O3. The van der Waals surface area contributed by atoms with Crippen LogP contribution in [-0.2, 0) is 0 Å². The highest BCUT2D eigenvalue weighted by molar-refractivity contribution is 5.95. The van der Waals surface area contributed by atoms with E-state index >= 15 is 0 Å². The van der Waals surface area contributed by atoms with Gasteiger partial charge in [0.05, 0.1) is 19.8 Å². The summed E-state index contributed by atoms with van der Waals surface area (Å²) in [6.45, 7) is 2.66. The molecule has 1 aromatic carbocycles. The van der Waals surface area contributed by atoms with Crippen molar-refractivity contribution in [2.45, 2.75) is 13.3 Å². The maximum Gasteiger partial charge on any atom is 0.252 e. The number of amides is 1. The van der Waals surface area contributed by atoms with Crippen molar-refractivity contribution in [3.05, 3.63) is 42.2 Å². The molecule has 1 aromatic heterocycles. The van der Waals surface area contributed by atoms with E-state index < -0.39 is 0 Å². The Morgan fingerprint density at radius 2 is 1.86 bits per heavy atom. The molecule has 0 unspecified atom stereocenters. The molecule has 5 heteroatoms. The van der Waals surface area contributed by atoms with Crippen molar-refractivity contribution in [3.63, 3.8) is 0 Å². The second kappa shape index (κ2) is 7.45. The van der Waals surface area contributed by atoms with Crippen molar-refractivity contribution < 1.29 is 14.3 Å². The first kappa shape index (κ1) is 15.8. The van der Waals surface area contributed by atoms with Gasteiger partial charge in [0, 0.05) is 24.5 Å². The van der Waals surface area contributed by atoms with Crippen molar-refractivity contribution in [1.82, 2.24) is 10.3 Å². The van der Waals surface area contributed by atoms with Gasteiger partial charge in [-0.3, -0.25) is 9.78 Å². The Bertz CT molecular complexity index is 656. The second-order valence-electron chi connectivity index (χ2n) is 4.79. The molecule has 1 heterocycles. The first-order valence-electron chi connectivity index (χ1n) is 7.15. The third-order valence-electron chi connectivity index (χ3n) is 3.25. The molecule has 5 nitrogen and oxygen atoms in total. The highest BCUT2D eigenvalue weighted by Gasteiger charge is 2.10. The number of hydrogen-bond donors (Lipinski definition) is 1. The van der Waals surface area contributed by atoms with Gasteiger partial charge in [-0.05, 0) is 30.2 Å². The van der Waals surface area contributed by atoms with Gasteiger partial charge >= 0.3 is 0 Å². The van der Waals surface area contributed by atoms with Crippen LogP contribution in [0.3, 0.4) is 0 Å². The van der Waals surface area contributed by atoms with Crippen molar-refractivity contribution in [2.75, 3.05) is 20.8 Å².